The third-order valence-electron chi connectivity index (χ3n) is 2.90. The summed E-state index contributed by atoms with van der Waals surface area (Å²) in [5.74, 6) is -0.274. The lowest BCUT2D eigenvalue weighted by atomic mass is 10.1. The van der Waals surface area contributed by atoms with Gasteiger partial charge >= 0.3 is 5.97 Å². The van der Waals surface area contributed by atoms with Crippen LogP contribution in [0.25, 0.3) is 0 Å². The molecule has 0 amide bonds. The smallest absolute Gasteiger partial charge is 0.335 e. The summed E-state index contributed by atoms with van der Waals surface area (Å²) < 4.78 is 5.25. The Morgan fingerprint density at radius 3 is 2.60 bits per heavy atom. The molecule has 2 N–H and O–H groups in total. The molecular weight excluding hydrogens is 278 g/mol. The molecule has 0 aliphatic heterocycles. The lowest BCUT2D eigenvalue weighted by Crippen LogP contribution is -2.01. The van der Waals surface area contributed by atoms with Gasteiger partial charge in [0.15, 0.2) is 0 Å². The van der Waals surface area contributed by atoms with Crippen molar-refractivity contribution < 1.29 is 14.6 Å². The number of carboxylic acids is 1. The zero-order valence-electron chi connectivity index (χ0n) is 11.1. The molecular formula is C15H14ClNO3. The largest absolute Gasteiger partial charge is 0.495 e. The number of anilines is 2. The first-order valence-electron chi connectivity index (χ1n) is 5.96. The molecule has 2 rings (SSSR count). The minimum atomic E-state index is -0.936. The summed E-state index contributed by atoms with van der Waals surface area (Å²) in [6.07, 6.45) is 0. The maximum absolute atomic E-state index is 11.0. The highest BCUT2D eigenvalue weighted by atomic mass is 35.5. The van der Waals surface area contributed by atoms with Crippen LogP contribution in [0.2, 0.25) is 5.02 Å². The Bertz CT molecular complexity index is 656. The minimum Gasteiger partial charge on any atom is -0.495 e. The molecule has 0 saturated carbocycles. The van der Waals surface area contributed by atoms with Crippen molar-refractivity contribution in [3.8, 4) is 5.75 Å². The summed E-state index contributed by atoms with van der Waals surface area (Å²) in [6, 6.07) is 10.3. The van der Waals surface area contributed by atoms with E-state index in [1.54, 1.807) is 50.4 Å². The van der Waals surface area contributed by atoms with Crippen molar-refractivity contribution in [1.29, 1.82) is 0 Å². The predicted molar refractivity (Wildman–Crippen MR) is 79.4 cm³/mol. The van der Waals surface area contributed by atoms with Crippen molar-refractivity contribution >= 4 is 28.9 Å². The van der Waals surface area contributed by atoms with E-state index in [1.165, 1.54) is 0 Å². The first-order chi connectivity index (χ1) is 9.51. The van der Waals surface area contributed by atoms with E-state index in [4.69, 9.17) is 21.4 Å². The maximum Gasteiger partial charge on any atom is 0.335 e. The van der Waals surface area contributed by atoms with Crippen LogP contribution >= 0.6 is 11.6 Å². The van der Waals surface area contributed by atoms with Crippen LogP contribution in [0, 0.1) is 6.92 Å². The van der Waals surface area contributed by atoms with Crippen molar-refractivity contribution in [2.45, 2.75) is 6.92 Å². The number of nitrogens with one attached hydrogen (secondary N) is 1. The van der Waals surface area contributed by atoms with Crippen LogP contribution in [0.5, 0.6) is 5.75 Å². The zero-order chi connectivity index (χ0) is 14.7. The molecule has 0 bridgehead atoms. The fraction of sp³-hybridized carbons (Fsp3) is 0.133. The minimum absolute atomic E-state index is 0.286. The molecule has 0 fully saturated rings. The third kappa shape index (κ3) is 3.03. The van der Waals surface area contributed by atoms with Gasteiger partial charge in [0.2, 0.25) is 0 Å². The molecule has 0 saturated heterocycles. The van der Waals surface area contributed by atoms with Gasteiger partial charge in [0.25, 0.3) is 0 Å². The number of hydrogen-bond donors (Lipinski definition) is 2. The second-order valence-electron chi connectivity index (χ2n) is 4.30. The Balaban J connectivity index is 2.33. The van der Waals surface area contributed by atoms with E-state index in [2.05, 4.69) is 5.32 Å². The molecule has 0 heterocycles. The number of aromatic carboxylic acids is 1. The molecule has 2 aromatic rings. The van der Waals surface area contributed by atoms with E-state index >= 15 is 0 Å². The Hall–Kier alpha value is -2.20. The first-order valence-corrected chi connectivity index (χ1v) is 6.33. The van der Waals surface area contributed by atoms with Gasteiger partial charge in [-0.1, -0.05) is 11.6 Å². The van der Waals surface area contributed by atoms with Crippen molar-refractivity contribution in [2.75, 3.05) is 12.4 Å². The van der Waals surface area contributed by atoms with Gasteiger partial charge in [-0.05, 0) is 48.9 Å². The molecule has 2 aromatic carbocycles. The van der Waals surface area contributed by atoms with Gasteiger partial charge < -0.3 is 15.2 Å². The van der Waals surface area contributed by atoms with Gasteiger partial charge in [-0.3, -0.25) is 0 Å². The number of aryl methyl sites for hydroxylation is 1. The highest BCUT2D eigenvalue weighted by Crippen LogP contribution is 2.31. The molecule has 0 atom stereocenters. The van der Waals surface area contributed by atoms with Gasteiger partial charge in [0.1, 0.15) is 5.75 Å². The topological polar surface area (TPSA) is 58.6 Å². The number of carbonyl (C=O) groups is 1. The Morgan fingerprint density at radius 1 is 1.25 bits per heavy atom. The van der Waals surface area contributed by atoms with E-state index in [1.807, 2.05) is 0 Å². The lowest BCUT2D eigenvalue weighted by molar-refractivity contribution is 0.0696. The molecule has 0 aromatic heterocycles. The summed E-state index contributed by atoms with van der Waals surface area (Å²) in [7, 11) is 1.58. The van der Waals surface area contributed by atoms with Crippen LogP contribution in [0.1, 0.15) is 15.9 Å². The lowest BCUT2D eigenvalue weighted by Gasteiger charge is -2.12. The first kappa shape index (κ1) is 14.2. The van der Waals surface area contributed by atoms with Gasteiger partial charge in [-0.15, -0.1) is 0 Å². The number of halogens is 1. The van der Waals surface area contributed by atoms with Crippen molar-refractivity contribution in [3.63, 3.8) is 0 Å². The van der Waals surface area contributed by atoms with Crippen LogP contribution < -0.4 is 10.1 Å². The van der Waals surface area contributed by atoms with Crippen molar-refractivity contribution in [2.24, 2.45) is 0 Å². The van der Waals surface area contributed by atoms with E-state index in [-0.39, 0.29) is 5.56 Å². The molecule has 4 nitrogen and oxygen atoms in total. The maximum atomic E-state index is 11.0. The highest BCUT2D eigenvalue weighted by molar-refractivity contribution is 6.31. The second-order valence-corrected chi connectivity index (χ2v) is 4.74. The molecule has 0 unspecified atom stereocenters. The Kier molecular flexibility index (Phi) is 4.15. The van der Waals surface area contributed by atoms with E-state index in [9.17, 15) is 4.79 Å². The summed E-state index contributed by atoms with van der Waals surface area (Å²) in [6.45, 7) is 1.75. The summed E-state index contributed by atoms with van der Waals surface area (Å²) in [4.78, 5) is 11.0. The quantitative estimate of drug-likeness (QED) is 0.890. The number of ether oxygens (including phenoxy) is 1. The number of methoxy groups -OCH3 is 1. The van der Waals surface area contributed by atoms with Crippen LogP contribution in [0.15, 0.2) is 36.4 Å². The molecule has 104 valence electrons. The predicted octanol–water partition coefficient (Wildman–Crippen LogP) is 4.10. The standard InChI is InChI=1S/C15H14ClNO3/c1-9-7-11(4-5-12(9)15(18)19)17-13-8-10(16)3-6-14(13)20-2/h3-8,17H,1-2H3,(H,18,19). The average molecular weight is 292 g/mol. The van der Waals surface area contributed by atoms with Crippen LogP contribution in [0.4, 0.5) is 11.4 Å². The van der Waals surface area contributed by atoms with Crippen LogP contribution in [-0.4, -0.2) is 18.2 Å². The average Bonchev–Trinajstić information content (AvgIpc) is 2.38. The Morgan fingerprint density at radius 2 is 2.00 bits per heavy atom. The molecule has 0 aliphatic carbocycles. The summed E-state index contributed by atoms with van der Waals surface area (Å²) >= 11 is 5.96. The molecule has 0 aliphatic rings. The monoisotopic (exact) mass is 291 g/mol. The van der Waals surface area contributed by atoms with Gasteiger partial charge in [0.05, 0.1) is 18.4 Å². The van der Waals surface area contributed by atoms with E-state index in [0.29, 0.717) is 16.3 Å². The molecule has 0 spiro atoms. The number of rotatable bonds is 4. The van der Waals surface area contributed by atoms with Crippen LogP contribution in [-0.2, 0) is 0 Å². The van der Waals surface area contributed by atoms with Crippen molar-refractivity contribution in [3.05, 3.63) is 52.5 Å². The van der Waals surface area contributed by atoms with Crippen LogP contribution in [0.3, 0.4) is 0 Å². The van der Waals surface area contributed by atoms with E-state index in [0.717, 1.165) is 11.4 Å². The normalized spacial score (nSPS) is 10.2. The van der Waals surface area contributed by atoms with Crippen molar-refractivity contribution in [1.82, 2.24) is 0 Å². The number of benzene rings is 2. The fourth-order valence-corrected chi connectivity index (χ4v) is 2.09. The van der Waals surface area contributed by atoms with E-state index < -0.39 is 5.97 Å². The van der Waals surface area contributed by atoms with Gasteiger partial charge in [-0.25, -0.2) is 4.79 Å². The highest BCUT2D eigenvalue weighted by Gasteiger charge is 2.09. The number of carboxylic acid groups (broad SMARTS) is 1. The number of hydrogen-bond acceptors (Lipinski definition) is 3. The second kappa shape index (κ2) is 5.84. The fourth-order valence-electron chi connectivity index (χ4n) is 1.91. The van der Waals surface area contributed by atoms with Gasteiger partial charge in [0, 0.05) is 10.7 Å². The zero-order valence-corrected chi connectivity index (χ0v) is 11.9. The molecule has 0 radical (unpaired) electrons. The SMILES string of the molecule is COc1ccc(Cl)cc1Nc1ccc(C(=O)O)c(C)c1. The summed E-state index contributed by atoms with van der Waals surface area (Å²) in [5, 5.41) is 12.8. The molecule has 5 heteroatoms. The third-order valence-corrected chi connectivity index (χ3v) is 3.13. The Labute approximate surface area is 122 Å². The van der Waals surface area contributed by atoms with Gasteiger partial charge in [-0.2, -0.15) is 0 Å². The molecule has 20 heavy (non-hydrogen) atoms. The summed E-state index contributed by atoms with van der Waals surface area (Å²) in [5.41, 5.74) is 2.47.